The zero-order valence-electron chi connectivity index (χ0n) is 14.1. The second kappa shape index (κ2) is 7.18. The second-order valence-electron chi connectivity index (χ2n) is 5.91. The third kappa shape index (κ3) is 4.25. The summed E-state index contributed by atoms with van der Waals surface area (Å²) in [6.45, 7) is 3.99. The molecule has 4 nitrogen and oxygen atoms in total. The maximum absolute atomic E-state index is 12.4. The molecule has 0 spiro atoms. The summed E-state index contributed by atoms with van der Waals surface area (Å²) in [5, 5.41) is 3.08. The highest BCUT2D eigenvalue weighted by Gasteiger charge is 2.22. The van der Waals surface area contributed by atoms with Crippen LogP contribution in [0.4, 0.5) is 0 Å². The highest BCUT2D eigenvalue weighted by molar-refractivity contribution is 5.79. The predicted octanol–water partition coefficient (Wildman–Crippen LogP) is 3.30. The van der Waals surface area contributed by atoms with Crippen molar-refractivity contribution < 1.29 is 14.3 Å². The van der Waals surface area contributed by atoms with E-state index in [1.807, 2.05) is 62.4 Å². The Bertz CT molecular complexity index is 666. The standard InChI is InChI=1S/C19H23NO3/c1-19(2,15-8-6-5-7-9-15)20-18(21)13-14-10-11-16(22-3)17(12-14)23-4/h5-12H,13H2,1-4H3,(H,20,21). The van der Waals surface area contributed by atoms with Crippen LogP contribution in [0.3, 0.4) is 0 Å². The number of nitrogens with one attached hydrogen (secondary N) is 1. The van der Waals surface area contributed by atoms with Gasteiger partial charge in [-0.2, -0.15) is 0 Å². The van der Waals surface area contributed by atoms with Gasteiger partial charge in [0.05, 0.1) is 26.2 Å². The van der Waals surface area contributed by atoms with Crippen LogP contribution in [0.1, 0.15) is 25.0 Å². The van der Waals surface area contributed by atoms with Gasteiger partial charge in [0, 0.05) is 0 Å². The summed E-state index contributed by atoms with van der Waals surface area (Å²) in [5.74, 6) is 1.24. The number of hydrogen-bond acceptors (Lipinski definition) is 3. The first-order valence-corrected chi connectivity index (χ1v) is 7.53. The van der Waals surface area contributed by atoms with Crippen molar-refractivity contribution in [1.29, 1.82) is 0 Å². The van der Waals surface area contributed by atoms with E-state index in [1.165, 1.54) is 0 Å². The van der Waals surface area contributed by atoms with Crippen LogP contribution in [0.5, 0.6) is 11.5 Å². The quantitative estimate of drug-likeness (QED) is 0.890. The Morgan fingerprint density at radius 1 is 1.00 bits per heavy atom. The Morgan fingerprint density at radius 3 is 2.26 bits per heavy atom. The van der Waals surface area contributed by atoms with Gasteiger partial charge >= 0.3 is 0 Å². The van der Waals surface area contributed by atoms with Crippen molar-refractivity contribution in [3.8, 4) is 11.5 Å². The Hall–Kier alpha value is -2.49. The third-order valence-electron chi connectivity index (χ3n) is 3.76. The molecule has 0 saturated carbocycles. The van der Waals surface area contributed by atoms with Crippen molar-refractivity contribution in [2.24, 2.45) is 0 Å². The maximum Gasteiger partial charge on any atom is 0.225 e. The van der Waals surface area contributed by atoms with Gasteiger partial charge in [0.1, 0.15) is 0 Å². The molecule has 122 valence electrons. The van der Waals surface area contributed by atoms with E-state index in [0.717, 1.165) is 11.1 Å². The molecule has 0 atom stereocenters. The summed E-state index contributed by atoms with van der Waals surface area (Å²) >= 11 is 0. The van der Waals surface area contributed by atoms with Crippen LogP contribution in [-0.4, -0.2) is 20.1 Å². The lowest BCUT2D eigenvalue weighted by atomic mass is 9.94. The maximum atomic E-state index is 12.4. The van der Waals surface area contributed by atoms with Crippen molar-refractivity contribution in [3.63, 3.8) is 0 Å². The van der Waals surface area contributed by atoms with Crippen LogP contribution in [0.25, 0.3) is 0 Å². The van der Waals surface area contributed by atoms with E-state index in [0.29, 0.717) is 11.5 Å². The number of methoxy groups -OCH3 is 2. The summed E-state index contributed by atoms with van der Waals surface area (Å²) in [6, 6.07) is 15.4. The van der Waals surface area contributed by atoms with E-state index in [1.54, 1.807) is 14.2 Å². The molecular weight excluding hydrogens is 290 g/mol. The lowest BCUT2D eigenvalue weighted by Gasteiger charge is -2.27. The van der Waals surface area contributed by atoms with Crippen LogP contribution in [0.15, 0.2) is 48.5 Å². The Balaban J connectivity index is 2.08. The molecule has 0 fully saturated rings. The minimum atomic E-state index is -0.422. The van der Waals surface area contributed by atoms with E-state index in [2.05, 4.69) is 5.32 Å². The lowest BCUT2D eigenvalue weighted by Crippen LogP contribution is -2.41. The predicted molar refractivity (Wildman–Crippen MR) is 90.9 cm³/mol. The van der Waals surface area contributed by atoms with Crippen LogP contribution in [0, 0.1) is 0 Å². The van der Waals surface area contributed by atoms with Gasteiger partial charge in [-0.1, -0.05) is 36.4 Å². The molecule has 2 rings (SSSR count). The monoisotopic (exact) mass is 313 g/mol. The number of hydrogen-bond donors (Lipinski definition) is 1. The zero-order valence-corrected chi connectivity index (χ0v) is 14.1. The molecule has 2 aromatic carbocycles. The number of carbonyl (C=O) groups is 1. The van der Waals surface area contributed by atoms with Gasteiger partial charge < -0.3 is 14.8 Å². The van der Waals surface area contributed by atoms with Gasteiger partial charge in [0.25, 0.3) is 0 Å². The van der Waals surface area contributed by atoms with E-state index in [4.69, 9.17) is 9.47 Å². The highest BCUT2D eigenvalue weighted by Crippen LogP contribution is 2.28. The Kier molecular flexibility index (Phi) is 5.27. The molecule has 0 unspecified atom stereocenters. The average Bonchev–Trinajstić information content (AvgIpc) is 2.55. The molecule has 0 heterocycles. The van der Waals surface area contributed by atoms with Crippen LogP contribution >= 0.6 is 0 Å². The molecule has 2 aromatic rings. The number of rotatable bonds is 6. The Labute approximate surface area is 137 Å². The van der Waals surface area contributed by atoms with Crippen molar-refractivity contribution in [2.45, 2.75) is 25.8 Å². The second-order valence-corrected chi connectivity index (χ2v) is 5.91. The van der Waals surface area contributed by atoms with Crippen LogP contribution in [-0.2, 0) is 16.8 Å². The first-order chi connectivity index (χ1) is 11.0. The fourth-order valence-electron chi connectivity index (χ4n) is 2.50. The van der Waals surface area contributed by atoms with Crippen molar-refractivity contribution >= 4 is 5.91 Å². The van der Waals surface area contributed by atoms with Crippen molar-refractivity contribution in [3.05, 3.63) is 59.7 Å². The SMILES string of the molecule is COc1ccc(CC(=O)NC(C)(C)c2ccccc2)cc1OC. The fraction of sp³-hybridized carbons (Fsp3) is 0.316. The number of amides is 1. The van der Waals surface area contributed by atoms with Crippen molar-refractivity contribution in [1.82, 2.24) is 5.32 Å². The van der Waals surface area contributed by atoms with Crippen LogP contribution < -0.4 is 14.8 Å². The van der Waals surface area contributed by atoms with Gasteiger partial charge in [0.2, 0.25) is 5.91 Å². The summed E-state index contributed by atoms with van der Waals surface area (Å²) in [6.07, 6.45) is 0.288. The minimum absolute atomic E-state index is 0.0360. The molecule has 1 amide bonds. The number of ether oxygens (including phenoxy) is 2. The molecule has 0 aliphatic rings. The first kappa shape index (κ1) is 16.9. The smallest absolute Gasteiger partial charge is 0.225 e. The van der Waals surface area contributed by atoms with Gasteiger partial charge in [-0.3, -0.25) is 4.79 Å². The summed E-state index contributed by atoms with van der Waals surface area (Å²) in [7, 11) is 3.17. The average molecular weight is 313 g/mol. The van der Waals surface area contributed by atoms with E-state index >= 15 is 0 Å². The Morgan fingerprint density at radius 2 is 1.65 bits per heavy atom. The highest BCUT2D eigenvalue weighted by atomic mass is 16.5. The topological polar surface area (TPSA) is 47.6 Å². The molecule has 0 aliphatic heterocycles. The molecule has 0 bridgehead atoms. The molecular formula is C19H23NO3. The van der Waals surface area contributed by atoms with Gasteiger partial charge in [0.15, 0.2) is 11.5 Å². The normalized spacial score (nSPS) is 11.0. The van der Waals surface area contributed by atoms with E-state index in [9.17, 15) is 4.79 Å². The van der Waals surface area contributed by atoms with Gasteiger partial charge in [-0.05, 0) is 37.1 Å². The largest absolute Gasteiger partial charge is 0.493 e. The molecule has 0 radical (unpaired) electrons. The summed E-state index contributed by atoms with van der Waals surface area (Å²) in [4.78, 5) is 12.4. The number of benzene rings is 2. The van der Waals surface area contributed by atoms with Gasteiger partial charge in [-0.25, -0.2) is 0 Å². The lowest BCUT2D eigenvalue weighted by molar-refractivity contribution is -0.122. The van der Waals surface area contributed by atoms with E-state index in [-0.39, 0.29) is 12.3 Å². The summed E-state index contributed by atoms with van der Waals surface area (Å²) in [5.41, 5.74) is 1.53. The van der Waals surface area contributed by atoms with Crippen molar-refractivity contribution in [2.75, 3.05) is 14.2 Å². The molecule has 4 heteroatoms. The zero-order chi connectivity index (χ0) is 16.9. The summed E-state index contributed by atoms with van der Waals surface area (Å²) < 4.78 is 10.5. The molecule has 1 N–H and O–H groups in total. The molecule has 0 saturated heterocycles. The number of carbonyl (C=O) groups excluding carboxylic acids is 1. The first-order valence-electron chi connectivity index (χ1n) is 7.53. The van der Waals surface area contributed by atoms with E-state index < -0.39 is 5.54 Å². The van der Waals surface area contributed by atoms with Crippen LogP contribution in [0.2, 0.25) is 0 Å². The minimum Gasteiger partial charge on any atom is -0.493 e. The van der Waals surface area contributed by atoms with Gasteiger partial charge in [-0.15, -0.1) is 0 Å². The molecule has 0 aliphatic carbocycles. The molecule has 0 aromatic heterocycles. The molecule has 23 heavy (non-hydrogen) atoms. The fourth-order valence-corrected chi connectivity index (χ4v) is 2.50. The third-order valence-corrected chi connectivity index (χ3v) is 3.76.